The molecule has 0 unspecified atom stereocenters. The molecule has 0 fully saturated rings. The van der Waals surface area contributed by atoms with E-state index in [1.165, 1.54) is 23.0 Å². The lowest BCUT2D eigenvalue weighted by atomic mass is 10.1. The molecule has 0 saturated carbocycles. The van der Waals surface area contributed by atoms with E-state index >= 15 is 0 Å². The average molecular weight is 456 g/mol. The summed E-state index contributed by atoms with van der Waals surface area (Å²) in [6, 6.07) is 9.83. The molecule has 0 atom stereocenters. The first-order valence-electron chi connectivity index (χ1n) is 8.23. The molecular formula is C19H23ClFN5O3S. The molecule has 0 spiro atoms. The van der Waals surface area contributed by atoms with E-state index in [-0.39, 0.29) is 43.4 Å². The number of aromatic nitrogens is 4. The SMILES string of the molecule is C.CS(=O)(=O)c1ccc(-c2ccc(-n3cnn(C/C(=C\F)CN)c3=O)nc2)cc1.Cl. The second-order valence-electron chi connectivity index (χ2n) is 6.11. The number of halogens is 2. The molecule has 0 aliphatic rings. The van der Waals surface area contributed by atoms with Crippen LogP contribution in [-0.2, 0) is 16.4 Å². The van der Waals surface area contributed by atoms with E-state index < -0.39 is 15.5 Å². The Morgan fingerprint density at radius 1 is 1.17 bits per heavy atom. The van der Waals surface area contributed by atoms with E-state index in [0.717, 1.165) is 22.1 Å². The van der Waals surface area contributed by atoms with Gasteiger partial charge in [0.25, 0.3) is 0 Å². The predicted molar refractivity (Wildman–Crippen MR) is 116 cm³/mol. The minimum absolute atomic E-state index is 0. The van der Waals surface area contributed by atoms with Crippen LogP contribution in [0.4, 0.5) is 4.39 Å². The summed E-state index contributed by atoms with van der Waals surface area (Å²) < 4.78 is 38.1. The van der Waals surface area contributed by atoms with Crippen molar-refractivity contribution in [3.05, 3.63) is 71.3 Å². The number of nitrogens with two attached hydrogens (primary N) is 1. The first kappa shape index (κ1) is 25.2. The number of pyridine rings is 1. The fourth-order valence-electron chi connectivity index (χ4n) is 2.53. The van der Waals surface area contributed by atoms with Crippen molar-refractivity contribution in [3.8, 4) is 16.9 Å². The highest BCUT2D eigenvalue weighted by atomic mass is 35.5. The topological polar surface area (TPSA) is 113 Å². The molecule has 0 saturated heterocycles. The average Bonchev–Trinajstić information content (AvgIpc) is 3.06. The minimum Gasteiger partial charge on any atom is -0.327 e. The van der Waals surface area contributed by atoms with Crippen molar-refractivity contribution < 1.29 is 12.8 Å². The lowest BCUT2D eigenvalue weighted by Crippen LogP contribution is -2.26. The Kier molecular flexibility index (Phi) is 8.64. The summed E-state index contributed by atoms with van der Waals surface area (Å²) in [6.07, 6.45) is 4.39. The Hall–Kier alpha value is -2.82. The van der Waals surface area contributed by atoms with Gasteiger partial charge < -0.3 is 5.73 Å². The highest BCUT2D eigenvalue weighted by Gasteiger charge is 2.11. The van der Waals surface area contributed by atoms with Gasteiger partial charge in [0.05, 0.1) is 17.8 Å². The van der Waals surface area contributed by atoms with Crippen molar-refractivity contribution in [3.63, 3.8) is 0 Å². The normalized spacial score (nSPS) is 11.5. The molecule has 0 aliphatic heterocycles. The molecule has 2 N–H and O–H groups in total. The van der Waals surface area contributed by atoms with Gasteiger partial charge in [-0.25, -0.2) is 31.8 Å². The van der Waals surface area contributed by atoms with Crippen LogP contribution in [0.25, 0.3) is 16.9 Å². The third kappa shape index (κ3) is 5.41. The minimum atomic E-state index is -3.26. The molecule has 3 rings (SSSR count). The van der Waals surface area contributed by atoms with Gasteiger partial charge in [0.15, 0.2) is 9.84 Å². The summed E-state index contributed by atoms with van der Waals surface area (Å²) in [5.41, 5.74) is 6.72. The van der Waals surface area contributed by atoms with Crippen molar-refractivity contribution in [1.29, 1.82) is 0 Å². The Morgan fingerprint density at radius 2 is 1.80 bits per heavy atom. The highest BCUT2D eigenvalue weighted by molar-refractivity contribution is 7.90. The van der Waals surface area contributed by atoms with Crippen LogP contribution in [-0.4, -0.2) is 40.5 Å². The molecule has 0 amide bonds. The first-order valence-corrected chi connectivity index (χ1v) is 10.1. The van der Waals surface area contributed by atoms with Crippen LogP contribution in [0.1, 0.15) is 7.43 Å². The third-order valence-electron chi connectivity index (χ3n) is 4.11. The number of sulfone groups is 1. The lowest BCUT2D eigenvalue weighted by Gasteiger charge is -2.05. The number of hydrogen-bond acceptors (Lipinski definition) is 6. The van der Waals surface area contributed by atoms with Crippen LogP contribution in [0.15, 0.2) is 70.5 Å². The van der Waals surface area contributed by atoms with Crippen molar-refractivity contribution in [2.75, 3.05) is 12.8 Å². The van der Waals surface area contributed by atoms with Crippen LogP contribution < -0.4 is 11.4 Å². The largest absolute Gasteiger partial charge is 0.351 e. The van der Waals surface area contributed by atoms with Crippen LogP contribution >= 0.6 is 12.4 Å². The van der Waals surface area contributed by atoms with Gasteiger partial charge in [0.1, 0.15) is 12.1 Å². The van der Waals surface area contributed by atoms with E-state index in [1.807, 2.05) is 0 Å². The monoisotopic (exact) mass is 455 g/mol. The smallest absolute Gasteiger partial charge is 0.327 e. The summed E-state index contributed by atoms with van der Waals surface area (Å²) >= 11 is 0. The maximum absolute atomic E-state index is 12.7. The molecule has 8 nitrogen and oxygen atoms in total. The van der Waals surface area contributed by atoms with Gasteiger partial charge in [0.2, 0.25) is 0 Å². The molecule has 11 heteroatoms. The number of benzene rings is 1. The van der Waals surface area contributed by atoms with Crippen LogP contribution in [0.3, 0.4) is 0 Å². The summed E-state index contributed by atoms with van der Waals surface area (Å²) in [5, 5.41) is 3.95. The number of hydrogen-bond donors (Lipinski definition) is 1. The molecule has 0 radical (unpaired) electrons. The van der Waals surface area contributed by atoms with Gasteiger partial charge in [-0.3, -0.25) is 0 Å². The molecular weight excluding hydrogens is 433 g/mol. The van der Waals surface area contributed by atoms with E-state index in [9.17, 15) is 17.6 Å². The molecule has 3 aromatic rings. The van der Waals surface area contributed by atoms with Crippen LogP contribution in [0.2, 0.25) is 0 Å². The molecule has 2 aromatic heterocycles. The van der Waals surface area contributed by atoms with E-state index in [4.69, 9.17) is 5.73 Å². The fourth-order valence-corrected chi connectivity index (χ4v) is 3.16. The third-order valence-corrected chi connectivity index (χ3v) is 5.24. The quantitative estimate of drug-likeness (QED) is 0.610. The number of rotatable bonds is 6. The molecule has 30 heavy (non-hydrogen) atoms. The lowest BCUT2D eigenvalue weighted by molar-refractivity contribution is 0.602. The van der Waals surface area contributed by atoms with E-state index in [2.05, 4.69) is 10.1 Å². The Bertz CT molecular complexity index is 1170. The zero-order valence-electron chi connectivity index (χ0n) is 15.4. The molecule has 1 aromatic carbocycles. The van der Waals surface area contributed by atoms with Gasteiger partial charge in [-0.1, -0.05) is 19.6 Å². The Morgan fingerprint density at radius 3 is 2.30 bits per heavy atom. The Balaban J connectivity index is 0.00000225. The van der Waals surface area contributed by atoms with Crippen molar-refractivity contribution in [2.45, 2.75) is 18.9 Å². The first-order chi connectivity index (χ1) is 13.3. The standard InChI is InChI=1S/C18H18FN5O3S.CH4.ClH/c1-28(26,27)16-5-2-14(3-6-16)15-4-7-17(21-10-15)23-12-22-24(18(23)25)11-13(8-19)9-20;;/h2-8,10,12H,9,11,20H2,1H3;1H4;1H/b13-8-;;. The summed E-state index contributed by atoms with van der Waals surface area (Å²) in [6.45, 7) is -0.0511. The predicted octanol–water partition coefficient (Wildman–Crippen LogP) is 2.37. The molecule has 2 heterocycles. The van der Waals surface area contributed by atoms with Gasteiger partial charge in [-0.2, -0.15) is 5.10 Å². The molecule has 0 bridgehead atoms. The maximum Gasteiger partial charge on any atom is 0.351 e. The fraction of sp³-hybridized carbons (Fsp3) is 0.211. The maximum atomic E-state index is 12.7. The zero-order valence-corrected chi connectivity index (χ0v) is 17.0. The molecule has 162 valence electrons. The van der Waals surface area contributed by atoms with E-state index in [1.54, 1.807) is 30.5 Å². The van der Waals surface area contributed by atoms with Crippen molar-refractivity contribution in [1.82, 2.24) is 19.3 Å². The van der Waals surface area contributed by atoms with Crippen molar-refractivity contribution in [2.24, 2.45) is 5.73 Å². The van der Waals surface area contributed by atoms with Gasteiger partial charge in [0, 0.05) is 24.6 Å². The highest BCUT2D eigenvalue weighted by Crippen LogP contribution is 2.21. The van der Waals surface area contributed by atoms with Gasteiger partial charge in [-0.15, -0.1) is 12.4 Å². The zero-order chi connectivity index (χ0) is 20.3. The number of nitrogens with zero attached hydrogens (tertiary/aromatic N) is 4. The summed E-state index contributed by atoms with van der Waals surface area (Å²) in [7, 11) is -3.26. The Labute approximate surface area is 180 Å². The van der Waals surface area contributed by atoms with Crippen LogP contribution in [0.5, 0.6) is 0 Å². The summed E-state index contributed by atoms with van der Waals surface area (Å²) in [5.74, 6) is 0.353. The second kappa shape index (κ2) is 10.3. The second-order valence-corrected chi connectivity index (χ2v) is 8.13. The summed E-state index contributed by atoms with van der Waals surface area (Å²) in [4.78, 5) is 16.9. The molecule has 0 aliphatic carbocycles. The van der Waals surface area contributed by atoms with Gasteiger partial charge in [-0.05, 0) is 35.4 Å². The van der Waals surface area contributed by atoms with Gasteiger partial charge >= 0.3 is 5.69 Å². The van der Waals surface area contributed by atoms with Crippen molar-refractivity contribution >= 4 is 22.2 Å². The van der Waals surface area contributed by atoms with E-state index in [0.29, 0.717) is 12.1 Å². The van der Waals surface area contributed by atoms with Crippen LogP contribution in [0, 0.1) is 0 Å².